The van der Waals surface area contributed by atoms with Crippen molar-refractivity contribution >= 4 is 50.9 Å². The number of nitrogens with one attached hydrogen (secondary N) is 1. The predicted molar refractivity (Wildman–Crippen MR) is 129 cm³/mol. The molecule has 0 bridgehead atoms. The van der Waals surface area contributed by atoms with Crippen LogP contribution in [-0.4, -0.2) is 23.4 Å². The Morgan fingerprint density at radius 3 is 2.55 bits per heavy atom. The van der Waals surface area contributed by atoms with Crippen molar-refractivity contribution in [3.63, 3.8) is 0 Å². The first-order chi connectivity index (χ1) is 16.0. The lowest BCUT2D eigenvalue weighted by Crippen LogP contribution is -2.17. The van der Waals surface area contributed by atoms with Crippen molar-refractivity contribution in [3.8, 4) is 5.75 Å². The summed E-state index contributed by atoms with van der Waals surface area (Å²) >= 11 is 6.31. The SMILES string of the molecule is COc1cccc(C(=O)c2oc3ccccc3c2NC(=O)c2cc3c(Cl)cccc3n2C)c1. The number of hydrogen-bond acceptors (Lipinski definition) is 4. The van der Waals surface area contributed by atoms with Gasteiger partial charge in [-0.15, -0.1) is 0 Å². The molecule has 0 spiro atoms. The van der Waals surface area contributed by atoms with Gasteiger partial charge in [-0.3, -0.25) is 9.59 Å². The van der Waals surface area contributed by atoms with Crippen LogP contribution in [0.4, 0.5) is 5.69 Å². The Morgan fingerprint density at radius 2 is 1.76 bits per heavy atom. The molecule has 33 heavy (non-hydrogen) atoms. The summed E-state index contributed by atoms with van der Waals surface area (Å²) in [5.74, 6) is -0.138. The zero-order valence-electron chi connectivity index (χ0n) is 17.9. The molecule has 3 aromatic carbocycles. The fourth-order valence-electron chi connectivity index (χ4n) is 3.94. The van der Waals surface area contributed by atoms with E-state index >= 15 is 0 Å². The van der Waals surface area contributed by atoms with Gasteiger partial charge in [0.25, 0.3) is 5.91 Å². The minimum Gasteiger partial charge on any atom is -0.497 e. The molecule has 1 amide bonds. The molecule has 0 aliphatic rings. The Bertz CT molecular complexity index is 1550. The molecule has 1 N–H and O–H groups in total. The third-order valence-corrected chi connectivity index (χ3v) is 5.97. The van der Waals surface area contributed by atoms with Crippen molar-refractivity contribution in [1.29, 1.82) is 0 Å². The van der Waals surface area contributed by atoms with Gasteiger partial charge in [0.1, 0.15) is 17.0 Å². The van der Waals surface area contributed by atoms with Crippen LogP contribution in [0.15, 0.2) is 77.2 Å². The van der Waals surface area contributed by atoms with E-state index in [0.29, 0.717) is 38.7 Å². The Hall–Kier alpha value is -4.03. The molecule has 6 nitrogen and oxygen atoms in total. The molecule has 0 saturated heterocycles. The number of ketones is 1. The number of methoxy groups -OCH3 is 1. The molecular formula is C26H19ClN2O4. The molecular weight excluding hydrogens is 440 g/mol. The number of rotatable bonds is 5. The third kappa shape index (κ3) is 3.54. The first kappa shape index (κ1) is 20.8. The zero-order chi connectivity index (χ0) is 23.1. The maximum atomic E-state index is 13.4. The number of carbonyl (C=O) groups is 2. The van der Waals surface area contributed by atoms with E-state index in [2.05, 4.69) is 5.32 Å². The van der Waals surface area contributed by atoms with Crippen LogP contribution >= 0.6 is 11.6 Å². The Kier molecular flexibility index (Phi) is 5.15. The minimum absolute atomic E-state index is 0.0506. The molecule has 0 unspecified atom stereocenters. The lowest BCUT2D eigenvalue weighted by molar-refractivity contribution is 0.101. The van der Waals surface area contributed by atoms with Gasteiger partial charge in [-0.25, -0.2) is 0 Å². The molecule has 0 aliphatic carbocycles. The molecule has 5 rings (SSSR count). The fraction of sp³-hybridized carbons (Fsp3) is 0.0769. The molecule has 0 radical (unpaired) electrons. The quantitative estimate of drug-likeness (QED) is 0.324. The van der Waals surface area contributed by atoms with Crippen molar-refractivity contribution in [2.45, 2.75) is 0 Å². The maximum Gasteiger partial charge on any atom is 0.272 e. The third-order valence-electron chi connectivity index (χ3n) is 5.64. The molecule has 0 atom stereocenters. The first-order valence-corrected chi connectivity index (χ1v) is 10.6. The number of anilines is 1. The molecule has 2 aromatic heterocycles. The highest BCUT2D eigenvalue weighted by atomic mass is 35.5. The second-order valence-electron chi connectivity index (χ2n) is 7.58. The summed E-state index contributed by atoms with van der Waals surface area (Å²) in [6.07, 6.45) is 0. The molecule has 7 heteroatoms. The number of carbonyl (C=O) groups excluding carboxylic acids is 2. The summed E-state index contributed by atoms with van der Waals surface area (Å²) < 4.78 is 12.9. The highest BCUT2D eigenvalue weighted by Gasteiger charge is 2.25. The van der Waals surface area contributed by atoms with Gasteiger partial charge < -0.3 is 19.0 Å². The number of benzene rings is 3. The van der Waals surface area contributed by atoms with Crippen LogP contribution in [0.5, 0.6) is 5.75 Å². The van der Waals surface area contributed by atoms with E-state index in [1.807, 2.05) is 24.3 Å². The highest BCUT2D eigenvalue weighted by molar-refractivity contribution is 6.35. The standard InChI is InChI=1S/C26H19ClN2O4/c1-29-20-11-6-10-19(27)18(20)14-21(29)26(31)28-23-17-9-3-4-12-22(17)33-25(23)24(30)15-7-5-8-16(13-15)32-2/h3-14H,1-2H3,(H,28,31). The van der Waals surface area contributed by atoms with Gasteiger partial charge in [-0.05, 0) is 42.5 Å². The minimum atomic E-state index is -0.379. The molecule has 2 heterocycles. The van der Waals surface area contributed by atoms with Crippen LogP contribution < -0.4 is 10.1 Å². The average molecular weight is 459 g/mol. The van der Waals surface area contributed by atoms with Gasteiger partial charge in [0, 0.05) is 33.9 Å². The van der Waals surface area contributed by atoms with E-state index in [9.17, 15) is 9.59 Å². The van der Waals surface area contributed by atoms with Crippen LogP contribution in [0, 0.1) is 0 Å². The summed E-state index contributed by atoms with van der Waals surface area (Å²) in [4.78, 5) is 26.7. The van der Waals surface area contributed by atoms with E-state index in [1.165, 1.54) is 7.11 Å². The van der Waals surface area contributed by atoms with E-state index in [-0.39, 0.29) is 17.5 Å². The first-order valence-electron chi connectivity index (χ1n) is 10.2. The number of para-hydroxylation sites is 1. The summed E-state index contributed by atoms with van der Waals surface area (Å²) in [7, 11) is 3.33. The number of amides is 1. The van der Waals surface area contributed by atoms with Crippen LogP contribution in [-0.2, 0) is 7.05 Å². The number of aryl methyl sites for hydroxylation is 1. The topological polar surface area (TPSA) is 73.5 Å². The van der Waals surface area contributed by atoms with Gasteiger partial charge in [0.2, 0.25) is 5.78 Å². The van der Waals surface area contributed by atoms with E-state index in [1.54, 1.807) is 60.1 Å². The van der Waals surface area contributed by atoms with Crippen molar-refractivity contribution in [2.24, 2.45) is 7.05 Å². The van der Waals surface area contributed by atoms with Crippen molar-refractivity contribution in [1.82, 2.24) is 4.57 Å². The van der Waals surface area contributed by atoms with Crippen LogP contribution in [0.2, 0.25) is 5.02 Å². The summed E-state index contributed by atoms with van der Waals surface area (Å²) in [6.45, 7) is 0. The summed E-state index contributed by atoms with van der Waals surface area (Å²) in [5.41, 5.74) is 2.44. The Morgan fingerprint density at radius 1 is 0.970 bits per heavy atom. The smallest absolute Gasteiger partial charge is 0.272 e. The van der Waals surface area contributed by atoms with E-state index in [4.69, 9.17) is 20.8 Å². The molecule has 0 aliphatic heterocycles. The number of nitrogens with zero attached hydrogens (tertiary/aromatic N) is 1. The molecule has 0 saturated carbocycles. The van der Waals surface area contributed by atoms with Gasteiger partial charge >= 0.3 is 0 Å². The van der Waals surface area contributed by atoms with Crippen LogP contribution in [0.3, 0.4) is 0 Å². The Balaban J connectivity index is 1.60. The van der Waals surface area contributed by atoms with Gasteiger partial charge in [0.05, 0.1) is 12.8 Å². The maximum absolute atomic E-state index is 13.4. The van der Waals surface area contributed by atoms with E-state index < -0.39 is 0 Å². The lowest BCUT2D eigenvalue weighted by atomic mass is 10.1. The normalized spacial score (nSPS) is 11.1. The largest absolute Gasteiger partial charge is 0.497 e. The van der Waals surface area contributed by atoms with Gasteiger partial charge in [0.15, 0.2) is 5.76 Å². The second-order valence-corrected chi connectivity index (χ2v) is 7.99. The Labute approximate surface area is 194 Å². The molecule has 164 valence electrons. The number of fused-ring (bicyclic) bond motifs is 2. The lowest BCUT2D eigenvalue weighted by Gasteiger charge is -2.08. The number of ether oxygens (including phenoxy) is 1. The number of aromatic nitrogens is 1. The van der Waals surface area contributed by atoms with Crippen LogP contribution in [0.25, 0.3) is 21.9 Å². The van der Waals surface area contributed by atoms with E-state index in [0.717, 1.165) is 10.9 Å². The monoisotopic (exact) mass is 458 g/mol. The fourth-order valence-corrected chi connectivity index (χ4v) is 4.17. The van der Waals surface area contributed by atoms with Crippen molar-refractivity contribution in [2.75, 3.05) is 12.4 Å². The van der Waals surface area contributed by atoms with Crippen molar-refractivity contribution < 1.29 is 18.7 Å². The number of halogens is 1. The zero-order valence-corrected chi connectivity index (χ0v) is 18.6. The van der Waals surface area contributed by atoms with Gasteiger partial charge in [-0.1, -0.05) is 41.9 Å². The average Bonchev–Trinajstić information content (AvgIpc) is 3.37. The van der Waals surface area contributed by atoms with Gasteiger partial charge in [-0.2, -0.15) is 0 Å². The number of furan rings is 1. The second kappa shape index (κ2) is 8.15. The predicted octanol–water partition coefficient (Wildman–Crippen LogP) is 6.07. The number of hydrogen-bond donors (Lipinski definition) is 1. The summed E-state index contributed by atoms with van der Waals surface area (Å²) in [5, 5.41) is 4.87. The van der Waals surface area contributed by atoms with Crippen molar-refractivity contribution in [3.05, 3.63) is 94.8 Å². The van der Waals surface area contributed by atoms with Crippen LogP contribution in [0.1, 0.15) is 26.6 Å². The molecule has 5 aromatic rings. The molecule has 0 fully saturated rings. The highest BCUT2D eigenvalue weighted by Crippen LogP contribution is 2.34. The summed E-state index contributed by atoms with van der Waals surface area (Å²) in [6, 6.07) is 21.2.